The molecule has 3 aliphatic heterocycles. The molecular formula is C23H31N3O5. The summed E-state index contributed by atoms with van der Waals surface area (Å²) in [6, 6.07) is 8.40. The molecule has 168 valence electrons. The van der Waals surface area contributed by atoms with E-state index in [4.69, 9.17) is 0 Å². The number of amides is 3. The Labute approximate surface area is 182 Å². The molecule has 1 aromatic carbocycles. The van der Waals surface area contributed by atoms with Gasteiger partial charge >= 0.3 is 6.09 Å². The summed E-state index contributed by atoms with van der Waals surface area (Å²) in [7, 11) is 0. The zero-order chi connectivity index (χ0) is 22.1. The van der Waals surface area contributed by atoms with Gasteiger partial charge in [-0.25, -0.2) is 4.79 Å². The first-order chi connectivity index (χ1) is 14.8. The normalized spacial score (nSPS) is 33.5. The van der Waals surface area contributed by atoms with E-state index in [1.807, 2.05) is 30.0 Å². The summed E-state index contributed by atoms with van der Waals surface area (Å²) >= 11 is 0. The first-order valence-electron chi connectivity index (χ1n) is 11.2. The maximum atomic E-state index is 13.4. The lowest BCUT2D eigenvalue weighted by molar-refractivity contribution is -0.148. The number of hydrogen-bond donors (Lipinski definition) is 3. The molecule has 0 saturated carbocycles. The third kappa shape index (κ3) is 4.39. The van der Waals surface area contributed by atoms with Gasteiger partial charge in [0.05, 0.1) is 6.10 Å². The van der Waals surface area contributed by atoms with Gasteiger partial charge in [-0.1, -0.05) is 37.3 Å². The fourth-order valence-corrected chi connectivity index (χ4v) is 5.47. The van der Waals surface area contributed by atoms with Crippen molar-refractivity contribution >= 4 is 17.9 Å². The Bertz CT molecular complexity index is 832. The van der Waals surface area contributed by atoms with Crippen molar-refractivity contribution in [2.75, 3.05) is 13.1 Å². The Balaban J connectivity index is 1.51. The van der Waals surface area contributed by atoms with E-state index in [0.717, 1.165) is 6.42 Å². The molecule has 4 rings (SSSR count). The Hall–Kier alpha value is -2.61. The molecule has 0 bridgehead atoms. The van der Waals surface area contributed by atoms with Crippen LogP contribution in [0.4, 0.5) is 4.79 Å². The first-order valence-corrected chi connectivity index (χ1v) is 11.2. The third-order valence-electron chi connectivity index (χ3n) is 7.19. The van der Waals surface area contributed by atoms with Gasteiger partial charge in [-0.15, -0.1) is 0 Å². The summed E-state index contributed by atoms with van der Waals surface area (Å²) in [6.07, 6.45) is 0.732. The number of nitrogens with zero attached hydrogens (tertiary/aromatic N) is 2. The van der Waals surface area contributed by atoms with Crippen molar-refractivity contribution in [3.05, 3.63) is 35.9 Å². The molecule has 0 radical (unpaired) electrons. The minimum absolute atomic E-state index is 0.0240. The maximum Gasteiger partial charge on any atom is 0.405 e. The van der Waals surface area contributed by atoms with Crippen molar-refractivity contribution in [1.29, 1.82) is 0 Å². The number of carbonyl (C=O) groups is 3. The second kappa shape index (κ2) is 8.86. The van der Waals surface area contributed by atoms with Gasteiger partial charge in [0.25, 0.3) is 0 Å². The number of likely N-dealkylation sites (tertiary alicyclic amines) is 1. The number of rotatable bonds is 3. The topological polar surface area (TPSA) is 110 Å². The molecule has 3 fully saturated rings. The van der Waals surface area contributed by atoms with Crippen molar-refractivity contribution in [2.24, 2.45) is 5.92 Å². The van der Waals surface area contributed by atoms with Crippen LogP contribution in [-0.4, -0.2) is 75.2 Å². The second-order valence-corrected chi connectivity index (χ2v) is 9.19. The molecule has 31 heavy (non-hydrogen) atoms. The number of aliphatic hydroxyl groups excluding tert-OH is 1. The van der Waals surface area contributed by atoms with Gasteiger partial charge in [0.15, 0.2) is 0 Å². The SMILES string of the molecule is C[C@H]1C[C@H]2CC[C@@H](C(=O)N3CCC(c4ccccc4)C3)N2C(=O)[C@@H](NC(=O)O)C[C@@H]1O. The van der Waals surface area contributed by atoms with Crippen molar-refractivity contribution in [3.8, 4) is 0 Å². The highest BCUT2D eigenvalue weighted by Crippen LogP contribution is 2.36. The summed E-state index contributed by atoms with van der Waals surface area (Å²) < 4.78 is 0. The van der Waals surface area contributed by atoms with Crippen molar-refractivity contribution in [3.63, 3.8) is 0 Å². The minimum Gasteiger partial charge on any atom is -0.465 e. The van der Waals surface area contributed by atoms with Crippen molar-refractivity contribution < 1.29 is 24.6 Å². The molecule has 3 saturated heterocycles. The van der Waals surface area contributed by atoms with Crippen LogP contribution >= 0.6 is 0 Å². The molecule has 3 heterocycles. The average Bonchev–Trinajstić information content (AvgIpc) is 3.39. The fraction of sp³-hybridized carbons (Fsp3) is 0.609. The second-order valence-electron chi connectivity index (χ2n) is 9.19. The smallest absolute Gasteiger partial charge is 0.405 e. The largest absolute Gasteiger partial charge is 0.465 e. The number of nitrogens with one attached hydrogen (secondary N) is 1. The lowest BCUT2D eigenvalue weighted by Crippen LogP contribution is -2.58. The Kier molecular flexibility index (Phi) is 6.18. The van der Waals surface area contributed by atoms with Crippen LogP contribution in [-0.2, 0) is 9.59 Å². The van der Waals surface area contributed by atoms with Crippen LogP contribution in [0.1, 0.15) is 50.5 Å². The van der Waals surface area contributed by atoms with Crippen LogP contribution < -0.4 is 5.32 Å². The van der Waals surface area contributed by atoms with Crippen LogP contribution in [0.2, 0.25) is 0 Å². The molecule has 3 N–H and O–H groups in total. The predicted molar refractivity (Wildman–Crippen MR) is 113 cm³/mol. The summed E-state index contributed by atoms with van der Waals surface area (Å²) in [5, 5.41) is 21.9. The summed E-state index contributed by atoms with van der Waals surface area (Å²) in [5.74, 6) is -0.228. The van der Waals surface area contributed by atoms with Crippen LogP contribution in [0.5, 0.6) is 0 Å². The summed E-state index contributed by atoms with van der Waals surface area (Å²) in [6.45, 7) is 3.21. The Morgan fingerprint density at radius 3 is 2.55 bits per heavy atom. The highest BCUT2D eigenvalue weighted by Gasteiger charge is 2.47. The quantitative estimate of drug-likeness (QED) is 0.679. The van der Waals surface area contributed by atoms with E-state index in [-0.39, 0.29) is 24.3 Å². The van der Waals surface area contributed by atoms with Crippen LogP contribution in [0, 0.1) is 5.92 Å². The predicted octanol–water partition coefficient (Wildman–Crippen LogP) is 1.79. The van der Waals surface area contributed by atoms with Crippen LogP contribution in [0.3, 0.4) is 0 Å². The van der Waals surface area contributed by atoms with E-state index >= 15 is 0 Å². The summed E-state index contributed by atoms with van der Waals surface area (Å²) in [4.78, 5) is 41.5. The molecule has 6 atom stereocenters. The third-order valence-corrected chi connectivity index (χ3v) is 7.19. The fourth-order valence-electron chi connectivity index (χ4n) is 5.47. The number of fused-ring (bicyclic) bond motifs is 1. The van der Waals surface area contributed by atoms with Crippen molar-refractivity contribution in [2.45, 2.75) is 69.2 Å². The number of aliphatic hydroxyl groups is 1. The Morgan fingerprint density at radius 1 is 1.10 bits per heavy atom. The number of carbonyl (C=O) groups excluding carboxylic acids is 2. The molecule has 8 nitrogen and oxygen atoms in total. The van der Waals surface area contributed by atoms with Gasteiger partial charge in [0.1, 0.15) is 12.1 Å². The van der Waals surface area contributed by atoms with Gasteiger partial charge in [-0.2, -0.15) is 0 Å². The zero-order valence-corrected chi connectivity index (χ0v) is 17.8. The molecule has 3 aliphatic rings. The lowest BCUT2D eigenvalue weighted by atomic mass is 9.88. The molecule has 1 unspecified atom stereocenters. The lowest BCUT2D eigenvalue weighted by Gasteiger charge is -2.39. The van der Waals surface area contributed by atoms with Gasteiger partial charge in [0.2, 0.25) is 11.8 Å². The van der Waals surface area contributed by atoms with E-state index in [1.165, 1.54) is 5.56 Å². The van der Waals surface area contributed by atoms with Gasteiger partial charge in [-0.05, 0) is 37.2 Å². The zero-order valence-electron chi connectivity index (χ0n) is 17.8. The first kappa shape index (κ1) is 21.6. The van der Waals surface area contributed by atoms with Crippen LogP contribution in [0.15, 0.2) is 30.3 Å². The monoisotopic (exact) mass is 429 g/mol. The maximum absolute atomic E-state index is 13.4. The molecule has 0 aromatic heterocycles. The standard InChI is InChI=1S/C23H31N3O5/c1-14-11-17-7-8-19(26(17)21(28)18(12-20(14)27)24-23(30)31)22(29)25-10-9-16(13-25)15-5-3-2-4-6-15/h2-6,14,16-20,24,27H,7-13H2,1H3,(H,30,31)/t14-,16?,17+,18-,19-,20-/m0/s1. The average molecular weight is 430 g/mol. The minimum atomic E-state index is -1.30. The molecule has 0 aliphatic carbocycles. The van der Waals surface area contributed by atoms with E-state index in [0.29, 0.717) is 38.3 Å². The molecular weight excluding hydrogens is 398 g/mol. The van der Waals surface area contributed by atoms with Gasteiger partial charge < -0.3 is 25.3 Å². The Morgan fingerprint density at radius 2 is 1.84 bits per heavy atom. The van der Waals surface area contributed by atoms with E-state index in [9.17, 15) is 24.6 Å². The summed E-state index contributed by atoms with van der Waals surface area (Å²) in [5.41, 5.74) is 1.22. The molecule has 0 spiro atoms. The van der Waals surface area contributed by atoms with E-state index in [1.54, 1.807) is 4.90 Å². The highest BCUT2D eigenvalue weighted by atomic mass is 16.4. The number of hydrogen-bond acceptors (Lipinski definition) is 4. The van der Waals surface area contributed by atoms with Crippen LogP contribution in [0.25, 0.3) is 0 Å². The number of carboxylic acid groups (broad SMARTS) is 1. The van der Waals surface area contributed by atoms with Crippen molar-refractivity contribution in [1.82, 2.24) is 15.1 Å². The van der Waals surface area contributed by atoms with Gasteiger partial charge in [-0.3, -0.25) is 9.59 Å². The molecule has 8 heteroatoms. The molecule has 1 aromatic rings. The molecule has 3 amide bonds. The number of benzene rings is 1. The highest BCUT2D eigenvalue weighted by molar-refractivity contribution is 5.92. The van der Waals surface area contributed by atoms with E-state index < -0.39 is 30.2 Å². The van der Waals surface area contributed by atoms with Gasteiger partial charge in [0, 0.05) is 31.5 Å². The van der Waals surface area contributed by atoms with E-state index in [2.05, 4.69) is 17.4 Å².